The van der Waals surface area contributed by atoms with Crippen molar-refractivity contribution >= 4 is 11.7 Å². The number of primary amides is 1. The molecule has 0 spiro atoms. The highest BCUT2D eigenvalue weighted by atomic mass is 16.7. The Bertz CT molecular complexity index is 599. The molecule has 1 aliphatic carbocycles. The van der Waals surface area contributed by atoms with Crippen molar-refractivity contribution in [3.63, 3.8) is 0 Å². The normalized spacial score (nSPS) is 29.0. The Hall–Kier alpha value is -1.76. The number of ketones is 1. The van der Waals surface area contributed by atoms with Crippen LogP contribution < -0.4 is 5.73 Å². The van der Waals surface area contributed by atoms with Crippen LogP contribution in [0.15, 0.2) is 30.3 Å². The number of carbonyl (C=O) groups excluding carboxylic acids is 2. The van der Waals surface area contributed by atoms with Crippen LogP contribution in [0.3, 0.4) is 0 Å². The number of amides is 1. The zero-order valence-corrected chi connectivity index (χ0v) is 15.0. The van der Waals surface area contributed by atoms with Gasteiger partial charge in [-0.3, -0.25) is 9.59 Å². The lowest BCUT2D eigenvalue weighted by Crippen LogP contribution is -2.33. The average Bonchev–Trinajstić information content (AvgIpc) is 2.94. The molecule has 0 bridgehead atoms. The summed E-state index contributed by atoms with van der Waals surface area (Å²) >= 11 is 0. The summed E-state index contributed by atoms with van der Waals surface area (Å²) < 4.78 is 17.5. The molecule has 4 unspecified atom stereocenters. The van der Waals surface area contributed by atoms with E-state index in [-0.39, 0.29) is 30.5 Å². The van der Waals surface area contributed by atoms with E-state index in [1.165, 1.54) is 0 Å². The molecule has 1 saturated carbocycles. The monoisotopic (exact) mass is 361 g/mol. The molecule has 2 aliphatic rings. The number of carbonyl (C=O) groups is 2. The van der Waals surface area contributed by atoms with Crippen LogP contribution in [0.25, 0.3) is 0 Å². The average molecular weight is 361 g/mol. The van der Waals surface area contributed by atoms with Gasteiger partial charge >= 0.3 is 0 Å². The van der Waals surface area contributed by atoms with Crippen molar-refractivity contribution in [1.82, 2.24) is 0 Å². The number of hydrogen-bond acceptors (Lipinski definition) is 5. The topological polar surface area (TPSA) is 87.9 Å². The molecular weight excluding hydrogens is 334 g/mol. The fraction of sp³-hybridized carbons (Fsp3) is 0.600. The predicted molar refractivity (Wildman–Crippen MR) is 95.0 cm³/mol. The largest absolute Gasteiger partial charge is 0.373 e. The van der Waals surface area contributed by atoms with Gasteiger partial charge in [0.15, 0.2) is 6.29 Å². The van der Waals surface area contributed by atoms with E-state index in [1.807, 2.05) is 30.3 Å². The predicted octanol–water partition coefficient (Wildman–Crippen LogP) is 2.20. The van der Waals surface area contributed by atoms with Gasteiger partial charge in [-0.15, -0.1) is 0 Å². The third kappa shape index (κ3) is 5.13. The third-order valence-electron chi connectivity index (χ3n) is 5.15. The van der Waals surface area contributed by atoms with Gasteiger partial charge in [0.1, 0.15) is 5.78 Å². The molecule has 2 fully saturated rings. The molecule has 4 atom stereocenters. The van der Waals surface area contributed by atoms with Crippen LogP contribution in [0, 0.1) is 11.8 Å². The van der Waals surface area contributed by atoms with Crippen LogP contribution in [-0.2, 0) is 30.4 Å². The van der Waals surface area contributed by atoms with E-state index >= 15 is 0 Å². The molecule has 1 aromatic rings. The fourth-order valence-corrected chi connectivity index (χ4v) is 3.73. The summed E-state index contributed by atoms with van der Waals surface area (Å²) in [7, 11) is 0. The molecule has 6 heteroatoms. The van der Waals surface area contributed by atoms with Crippen molar-refractivity contribution in [3.05, 3.63) is 35.9 Å². The molecule has 6 nitrogen and oxygen atoms in total. The Morgan fingerprint density at radius 2 is 2.00 bits per heavy atom. The highest BCUT2D eigenvalue weighted by Crippen LogP contribution is 2.35. The molecule has 0 aromatic heterocycles. The Labute approximate surface area is 154 Å². The van der Waals surface area contributed by atoms with E-state index in [1.54, 1.807) is 0 Å². The van der Waals surface area contributed by atoms with Crippen molar-refractivity contribution in [3.8, 4) is 0 Å². The number of benzene rings is 1. The van der Waals surface area contributed by atoms with E-state index in [0.29, 0.717) is 26.2 Å². The van der Waals surface area contributed by atoms with Crippen LogP contribution in [0.4, 0.5) is 0 Å². The van der Waals surface area contributed by atoms with E-state index in [9.17, 15) is 9.59 Å². The number of hydrogen-bond donors (Lipinski definition) is 1. The van der Waals surface area contributed by atoms with E-state index in [2.05, 4.69) is 0 Å². The van der Waals surface area contributed by atoms with Gasteiger partial charge < -0.3 is 19.9 Å². The molecule has 1 aromatic carbocycles. The van der Waals surface area contributed by atoms with Crippen molar-refractivity contribution in [1.29, 1.82) is 0 Å². The number of rotatable bonds is 8. The van der Waals surface area contributed by atoms with Gasteiger partial charge in [-0.05, 0) is 24.8 Å². The lowest BCUT2D eigenvalue weighted by Gasteiger charge is -2.28. The van der Waals surface area contributed by atoms with Gasteiger partial charge in [-0.1, -0.05) is 30.3 Å². The second-order valence-corrected chi connectivity index (χ2v) is 7.08. The van der Waals surface area contributed by atoms with Crippen molar-refractivity contribution in [2.24, 2.45) is 17.6 Å². The number of Topliss-reactive ketones (excluding diaryl/α,β-unsaturated/α-hetero) is 1. The summed E-state index contributed by atoms with van der Waals surface area (Å²) in [6.07, 6.45) is 2.82. The number of ether oxygens (including phenoxy) is 3. The first-order valence-electron chi connectivity index (χ1n) is 9.33. The minimum atomic E-state index is -0.467. The maximum Gasteiger partial charge on any atom is 0.218 e. The van der Waals surface area contributed by atoms with Gasteiger partial charge in [-0.25, -0.2) is 0 Å². The maximum atomic E-state index is 12.4. The standard InChI is InChI=1S/C20H27NO5/c21-19(23)10-15-16(13-26-20-8-4-5-9-24-20)18(11-17(15)22)25-12-14-6-2-1-3-7-14/h1-3,6-7,15-16,18,20H,4-5,8-13H2,(H2,21,23). The Balaban J connectivity index is 1.62. The summed E-state index contributed by atoms with van der Waals surface area (Å²) in [5.41, 5.74) is 6.40. The lowest BCUT2D eigenvalue weighted by atomic mass is 9.91. The molecule has 0 radical (unpaired) electrons. The van der Waals surface area contributed by atoms with Crippen molar-refractivity contribution in [2.45, 2.75) is 51.1 Å². The first-order chi connectivity index (χ1) is 12.6. The summed E-state index contributed by atoms with van der Waals surface area (Å²) in [6.45, 7) is 1.47. The van der Waals surface area contributed by atoms with Gasteiger partial charge in [0.25, 0.3) is 0 Å². The Morgan fingerprint density at radius 3 is 2.69 bits per heavy atom. The summed E-state index contributed by atoms with van der Waals surface area (Å²) in [5.74, 6) is -1.05. The van der Waals surface area contributed by atoms with Gasteiger partial charge in [0, 0.05) is 31.3 Å². The molecule has 1 amide bonds. The van der Waals surface area contributed by atoms with Gasteiger partial charge in [0.2, 0.25) is 5.91 Å². The summed E-state index contributed by atoms with van der Waals surface area (Å²) in [5, 5.41) is 0. The van der Waals surface area contributed by atoms with E-state index in [0.717, 1.165) is 24.8 Å². The van der Waals surface area contributed by atoms with Crippen LogP contribution in [0.1, 0.15) is 37.7 Å². The maximum absolute atomic E-state index is 12.4. The zero-order valence-electron chi connectivity index (χ0n) is 15.0. The molecular formula is C20H27NO5. The molecule has 3 rings (SSSR count). The quantitative estimate of drug-likeness (QED) is 0.767. The molecule has 1 heterocycles. The smallest absolute Gasteiger partial charge is 0.218 e. The van der Waals surface area contributed by atoms with Crippen LogP contribution in [0.5, 0.6) is 0 Å². The first-order valence-corrected chi connectivity index (χ1v) is 9.33. The molecule has 1 saturated heterocycles. The van der Waals surface area contributed by atoms with E-state index < -0.39 is 11.8 Å². The summed E-state index contributed by atoms with van der Waals surface area (Å²) in [6, 6.07) is 9.83. The Morgan fingerprint density at radius 1 is 1.19 bits per heavy atom. The third-order valence-corrected chi connectivity index (χ3v) is 5.15. The fourth-order valence-electron chi connectivity index (χ4n) is 3.73. The Kier molecular flexibility index (Phi) is 6.77. The first kappa shape index (κ1) is 19.0. The van der Waals surface area contributed by atoms with Gasteiger partial charge in [-0.2, -0.15) is 0 Å². The second kappa shape index (κ2) is 9.26. The number of nitrogens with two attached hydrogens (primary N) is 1. The van der Waals surface area contributed by atoms with Gasteiger partial charge in [0.05, 0.1) is 19.3 Å². The molecule has 2 N–H and O–H groups in total. The second-order valence-electron chi connectivity index (χ2n) is 7.08. The van der Waals surface area contributed by atoms with Crippen LogP contribution in [-0.4, -0.2) is 37.3 Å². The summed E-state index contributed by atoms with van der Waals surface area (Å²) in [4.78, 5) is 23.8. The van der Waals surface area contributed by atoms with E-state index in [4.69, 9.17) is 19.9 Å². The van der Waals surface area contributed by atoms with Crippen molar-refractivity contribution < 1.29 is 23.8 Å². The van der Waals surface area contributed by atoms with Crippen LogP contribution >= 0.6 is 0 Å². The van der Waals surface area contributed by atoms with Crippen molar-refractivity contribution in [2.75, 3.05) is 13.2 Å². The highest BCUT2D eigenvalue weighted by Gasteiger charge is 2.44. The minimum Gasteiger partial charge on any atom is -0.373 e. The minimum absolute atomic E-state index is 0.0278. The lowest BCUT2D eigenvalue weighted by molar-refractivity contribution is -0.177. The molecule has 26 heavy (non-hydrogen) atoms. The molecule has 1 aliphatic heterocycles. The zero-order chi connectivity index (χ0) is 18.4. The van der Waals surface area contributed by atoms with Crippen LogP contribution in [0.2, 0.25) is 0 Å². The highest BCUT2D eigenvalue weighted by molar-refractivity contribution is 5.89. The SMILES string of the molecule is NC(=O)CC1C(=O)CC(OCc2ccccc2)C1COC1CCCCO1. The molecule has 142 valence electrons.